The van der Waals surface area contributed by atoms with E-state index in [0.717, 1.165) is 0 Å². The van der Waals surface area contributed by atoms with Gasteiger partial charge in [-0.15, -0.1) is 0 Å². The van der Waals surface area contributed by atoms with Crippen LogP contribution < -0.4 is 11.5 Å². The number of carbonyl (C=O) groups is 4. The fraction of sp³-hybridized carbons (Fsp3) is 0.500. The Kier molecular flexibility index (Phi) is 3.91. The molecule has 2 heterocycles. The Hall–Kier alpha value is -2.68. The van der Waals surface area contributed by atoms with E-state index in [9.17, 15) is 19.2 Å². The van der Waals surface area contributed by atoms with Crippen LogP contribution in [0, 0.1) is 5.92 Å². The zero-order valence-corrected chi connectivity index (χ0v) is 14.2. The Labute approximate surface area is 144 Å². The minimum absolute atomic E-state index is 0.0133. The molecule has 3 aliphatic rings. The SMILES string of the molecule is CC1=C(N)C(=O)C2=C(C1=O)N(C)C[C@@H]1[C@H](C(=O)[C@H]2COC(N)=O)N1C. The highest BCUT2D eigenvalue weighted by molar-refractivity contribution is 6.26. The molecular formula is C16H20N4O5. The Balaban J connectivity index is 2.13. The number of hydrogen-bond acceptors (Lipinski definition) is 8. The van der Waals surface area contributed by atoms with Gasteiger partial charge in [0.15, 0.2) is 5.78 Å². The first kappa shape index (κ1) is 17.2. The molecule has 3 rings (SSSR count). The van der Waals surface area contributed by atoms with Crippen LogP contribution in [0.3, 0.4) is 0 Å². The fourth-order valence-electron chi connectivity index (χ4n) is 3.62. The lowest BCUT2D eigenvalue weighted by Gasteiger charge is -2.32. The summed E-state index contributed by atoms with van der Waals surface area (Å²) in [6, 6.07) is -0.455. The van der Waals surface area contributed by atoms with E-state index in [2.05, 4.69) is 0 Å². The standard InChI is InChI=1S/C16H20N4O5/c1-6-10(17)15(23)9-7(5-25-16(18)24)14(22)11-8(20(11)3)4-19(2)12(9)13(6)21/h7-8,11H,4-5,17H2,1-3H3,(H2,18,24)/t7-,8+,11+,20?/m0/s1. The molecule has 1 unspecified atom stereocenters. The number of carbonyl (C=O) groups excluding carboxylic acids is 4. The lowest BCUT2D eigenvalue weighted by molar-refractivity contribution is -0.125. The number of allylic oxidation sites excluding steroid dienone is 2. The number of ketones is 3. The van der Waals surface area contributed by atoms with Gasteiger partial charge in [0.05, 0.1) is 29.4 Å². The summed E-state index contributed by atoms with van der Waals surface area (Å²) in [5.74, 6) is -2.32. The second-order valence-electron chi connectivity index (χ2n) is 6.60. The monoisotopic (exact) mass is 348 g/mol. The number of primary amides is 1. The first-order chi connectivity index (χ1) is 11.7. The average Bonchev–Trinajstić information content (AvgIpc) is 3.17. The van der Waals surface area contributed by atoms with Gasteiger partial charge in [0, 0.05) is 24.7 Å². The van der Waals surface area contributed by atoms with Crippen LogP contribution in [-0.4, -0.2) is 72.6 Å². The molecule has 25 heavy (non-hydrogen) atoms. The Bertz CT molecular complexity index is 768. The number of likely N-dealkylation sites (N-methyl/N-ethyl adjacent to an activating group) is 2. The summed E-state index contributed by atoms with van der Waals surface area (Å²) in [5.41, 5.74) is 10.9. The van der Waals surface area contributed by atoms with Gasteiger partial charge < -0.3 is 21.1 Å². The van der Waals surface area contributed by atoms with Gasteiger partial charge in [0.2, 0.25) is 11.6 Å². The van der Waals surface area contributed by atoms with Crippen molar-refractivity contribution in [3.05, 3.63) is 22.5 Å². The fourth-order valence-corrected chi connectivity index (χ4v) is 3.62. The summed E-state index contributed by atoms with van der Waals surface area (Å²) in [6.45, 7) is 1.51. The molecule has 0 aromatic carbocycles. The van der Waals surface area contributed by atoms with E-state index in [-0.39, 0.29) is 34.4 Å². The van der Waals surface area contributed by atoms with E-state index in [4.69, 9.17) is 16.2 Å². The van der Waals surface area contributed by atoms with Crippen LogP contribution in [0.5, 0.6) is 0 Å². The van der Waals surface area contributed by atoms with Gasteiger partial charge in [0.25, 0.3) is 0 Å². The van der Waals surface area contributed by atoms with Gasteiger partial charge in [-0.2, -0.15) is 0 Å². The molecule has 0 aromatic heterocycles. The number of amides is 1. The van der Waals surface area contributed by atoms with Crippen molar-refractivity contribution in [2.24, 2.45) is 17.4 Å². The molecule has 1 saturated heterocycles. The van der Waals surface area contributed by atoms with Gasteiger partial charge >= 0.3 is 6.09 Å². The summed E-state index contributed by atoms with van der Waals surface area (Å²) >= 11 is 0. The van der Waals surface area contributed by atoms with Crippen molar-refractivity contribution >= 4 is 23.4 Å². The third-order valence-electron chi connectivity index (χ3n) is 5.16. The molecule has 4 atom stereocenters. The van der Waals surface area contributed by atoms with Crippen LogP contribution >= 0.6 is 0 Å². The number of fused-ring (bicyclic) bond motifs is 1. The molecule has 0 saturated carbocycles. The van der Waals surface area contributed by atoms with Crippen LogP contribution in [0.25, 0.3) is 0 Å². The van der Waals surface area contributed by atoms with Crippen molar-refractivity contribution in [3.63, 3.8) is 0 Å². The lowest BCUT2D eigenvalue weighted by atomic mass is 9.80. The van der Waals surface area contributed by atoms with Gasteiger partial charge in [-0.25, -0.2) is 4.79 Å². The first-order valence-electron chi connectivity index (χ1n) is 7.85. The van der Waals surface area contributed by atoms with E-state index in [1.54, 1.807) is 19.0 Å². The van der Waals surface area contributed by atoms with E-state index in [1.807, 2.05) is 4.90 Å². The molecule has 4 N–H and O–H groups in total. The second kappa shape index (κ2) is 5.69. The number of rotatable bonds is 2. The van der Waals surface area contributed by atoms with Crippen LogP contribution in [-0.2, 0) is 19.1 Å². The number of ether oxygens (including phenoxy) is 1. The van der Waals surface area contributed by atoms with Crippen LogP contribution in [0.1, 0.15) is 6.92 Å². The maximum absolute atomic E-state index is 12.9. The molecule has 9 nitrogen and oxygen atoms in total. The molecule has 134 valence electrons. The molecule has 1 fully saturated rings. The molecule has 0 bridgehead atoms. The highest BCUT2D eigenvalue weighted by Crippen LogP contribution is 2.39. The Morgan fingerprint density at radius 1 is 1.24 bits per heavy atom. The molecule has 1 aliphatic carbocycles. The predicted octanol–water partition coefficient (Wildman–Crippen LogP) is -1.47. The van der Waals surface area contributed by atoms with E-state index >= 15 is 0 Å². The summed E-state index contributed by atoms with van der Waals surface area (Å²) in [6.07, 6.45) is -1.06. The topological polar surface area (TPSA) is 136 Å². The maximum atomic E-state index is 12.9. The van der Waals surface area contributed by atoms with E-state index < -0.39 is 36.2 Å². The van der Waals surface area contributed by atoms with Crippen molar-refractivity contribution < 1.29 is 23.9 Å². The van der Waals surface area contributed by atoms with Crippen molar-refractivity contribution in [3.8, 4) is 0 Å². The maximum Gasteiger partial charge on any atom is 0.404 e. The molecule has 1 amide bonds. The Morgan fingerprint density at radius 3 is 2.48 bits per heavy atom. The van der Waals surface area contributed by atoms with Crippen molar-refractivity contribution in [2.45, 2.75) is 19.0 Å². The van der Waals surface area contributed by atoms with E-state index in [1.165, 1.54) is 6.92 Å². The van der Waals surface area contributed by atoms with Gasteiger partial charge in [0.1, 0.15) is 6.61 Å². The van der Waals surface area contributed by atoms with Gasteiger partial charge in [-0.1, -0.05) is 0 Å². The number of hydrogen-bond donors (Lipinski definition) is 2. The normalized spacial score (nSPS) is 32.1. The minimum atomic E-state index is -1.08. The molecule has 0 spiro atoms. The predicted molar refractivity (Wildman–Crippen MR) is 85.9 cm³/mol. The highest BCUT2D eigenvalue weighted by Gasteiger charge is 2.56. The summed E-state index contributed by atoms with van der Waals surface area (Å²) < 4.78 is 4.81. The average molecular weight is 348 g/mol. The lowest BCUT2D eigenvalue weighted by Crippen LogP contribution is -2.44. The minimum Gasteiger partial charge on any atom is -0.449 e. The molecule has 9 heteroatoms. The smallest absolute Gasteiger partial charge is 0.404 e. The molecule has 0 aromatic rings. The van der Waals surface area contributed by atoms with Crippen LogP contribution in [0.15, 0.2) is 22.5 Å². The first-order valence-corrected chi connectivity index (χ1v) is 7.85. The molecule has 2 aliphatic heterocycles. The quantitative estimate of drug-likeness (QED) is 0.456. The van der Waals surface area contributed by atoms with Crippen LogP contribution in [0.2, 0.25) is 0 Å². The van der Waals surface area contributed by atoms with Gasteiger partial charge in [-0.05, 0) is 14.0 Å². The Morgan fingerprint density at radius 2 is 1.88 bits per heavy atom. The summed E-state index contributed by atoms with van der Waals surface area (Å²) in [7, 11) is 3.49. The van der Waals surface area contributed by atoms with Crippen molar-refractivity contribution in [1.82, 2.24) is 9.80 Å². The van der Waals surface area contributed by atoms with Crippen molar-refractivity contribution in [1.29, 1.82) is 0 Å². The van der Waals surface area contributed by atoms with Crippen molar-refractivity contribution in [2.75, 3.05) is 27.2 Å². The van der Waals surface area contributed by atoms with Crippen LogP contribution in [0.4, 0.5) is 4.79 Å². The number of nitrogens with zero attached hydrogens (tertiary/aromatic N) is 2. The largest absolute Gasteiger partial charge is 0.449 e. The van der Waals surface area contributed by atoms with Gasteiger partial charge in [-0.3, -0.25) is 19.3 Å². The zero-order chi connectivity index (χ0) is 18.6. The van der Waals surface area contributed by atoms with E-state index in [0.29, 0.717) is 6.54 Å². The summed E-state index contributed by atoms with van der Waals surface area (Å²) in [4.78, 5) is 53.0. The zero-order valence-electron chi connectivity index (χ0n) is 14.2. The third kappa shape index (κ3) is 2.51. The highest BCUT2D eigenvalue weighted by atomic mass is 16.5. The third-order valence-corrected chi connectivity index (χ3v) is 5.16. The second-order valence-corrected chi connectivity index (χ2v) is 6.60. The number of Topliss-reactive ketones (excluding diaryl/α,β-unsaturated/α-hetero) is 3. The molecular weight excluding hydrogens is 328 g/mol. The number of nitrogens with two attached hydrogens (primary N) is 2. The molecule has 0 radical (unpaired) electrons. The summed E-state index contributed by atoms with van der Waals surface area (Å²) in [5, 5.41) is 0.